The number of likely N-dealkylation sites (tertiary alicyclic amines) is 1. The fraction of sp³-hybridized carbons (Fsp3) is 0.625. The monoisotopic (exact) mass is 278 g/mol. The van der Waals surface area contributed by atoms with Crippen LogP contribution in [-0.4, -0.2) is 36.8 Å². The number of hydrogen-bond acceptors (Lipinski definition) is 4. The van der Waals surface area contributed by atoms with Gasteiger partial charge in [-0.25, -0.2) is 0 Å². The van der Waals surface area contributed by atoms with Gasteiger partial charge in [0.1, 0.15) is 5.75 Å². The van der Waals surface area contributed by atoms with Gasteiger partial charge in [-0.3, -0.25) is 4.90 Å². The second-order valence-corrected chi connectivity index (χ2v) is 5.61. The van der Waals surface area contributed by atoms with E-state index in [0.717, 1.165) is 37.4 Å². The van der Waals surface area contributed by atoms with Crippen LogP contribution in [0.4, 0.5) is 0 Å². The first-order valence-corrected chi connectivity index (χ1v) is 7.46. The molecular weight excluding hydrogens is 252 g/mol. The molecule has 1 atom stereocenters. The van der Waals surface area contributed by atoms with Crippen LogP contribution in [0.3, 0.4) is 0 Å². The van der Waals surface area contributed by atoms with E-state index >= 15 is 0 Å². The van der Waals surface area contributed by atoms with E-state index < -0.39 is 0 Å². The summed E-state index contributed by atoms with van der Waals surface area (Å²) in [5.74, 6) is 1.51. The molecule has 1 heterocycles. The number of piperidine rings is 1. The van der Waals surface area contributed by atoms with Crippen molar-refractivity contribution >= 4 is 0 Å². The molecule has 1 saturated heterocycles. The first kappa shape index (κ1) is 15.3. The van der Waals surface area contributed by atoms with E-state index in [4.69, 9.17) is 15.6 Å². The minimum atomic E-state index is 0.304. The summed E-state index contributed by atoms with van der Waals surface area (Å²) in [4.78, 5) is 2.48. The molecule has 1 aromatic rings. The second kappa shape index (κ2) is 7.62. The van der Waals surface area contributed by atoms with Gasteiger partial charge in [-0.2, -0.15) is 0 Å². The summed E-state index contributed by atoms with van der Waals surface area (Å²) in [7, 11) is 1.68. The Morgan fingerprint density at radius 3 is 3.00 bits per heavy atom. The number of aliphatic hydroxyl groups excluding tert-OH is 1. The van der Waals surface area contributed by atoms with Gasteiger partial charge in [0.05, 0.1) is 7.11 Å². The van der Waals surface area contributed by atoms with Crippen LogP contribution in [0.25, 0.3) is 0 Å². The molecule has 0 aromatic heterocycles. The van der Waals surface area contributed by atoms with Crippen LogP contribution in [0.1, 0.15) is 30.4 Å². The van der Waals surface area contributed by atoms with Gasteiger partial charge in [0.25, 0.3) is 0 Å². The van der Waals surface area contributed by atoms with Crippen LogP contribution in [0.2, 0.25) is 0 Å². The minimum absolute atomic E-state index is 0.304. The van der Waals surface area contributed by atoms with Gasteiger partial charge in [-0.05, 0) is 49.4 Å². The molecule has 1 aromatic carbocycles. The first-order chi connectivity index (χ1) is 9.76. The van der Waals surface area contributed by atoms with Crippen molar-refractivity contribution in [3.63, 3.8) is 0 Å². The summed E-state index contributed by atoms with van der Waals surface area (Å²) >= 11 is 0. The Hall–Kier alpha value is -1.10. The van der Waals surface area contributed by atoms with Crippen molar-refractivity contribution < 1.29 is 9.84 Å². The Morgan fingerprint density at radius 2 is 2.30 bits per heavy atom. The topological polar surface area (TPSA) is 58.7 Å². The summed E-state index contributed by atoms with van der Waals surface area (Å²) in [5.41, 5.74) is 8.12. The van der Waals surface area contributed by atoms with Crippen molar-refractivity contribution in [2.24, 2.45) is 11.7 Å². The predicted molar refractivity (Wildman–Crippen MR) is 80.6 cm³/mol. The van der Waals surface area contributed by atoms with Crippen LogP contribution in [0.5, 0.6) is 5.75 Å². The molecule has 4 nitrogen and oxygen atoms in total. The first-order valence-electron chi connectivity index (χ1n) is 7.46. The lowest BCUT2D eigenvalue weighted by Crippen LogP contribution is -2.35. The average Bonchev–Trinajstić information content (AvgIpc) is 2.48. The standard InChI is InChI=1S/C16H26N2O2/c1-20-16-5-4-14(9-15(16)10-17)12-18-7-2-3-13(11-18)6-8-19/h4-5,9,13,19H,2-3,6-8,10-12,17H2,1H3. The average molecular weight is 278 g/mol. The molecule has 0 aliphatic carbocycles. The maximum atomic E-state index is 9.07. The predicted octanol–water partition coefficient (Wildman–Crippen LogP) is 1.75. The molecule has 1 unspecified atom stereocenters. The van der Waals surface area contributed by atoms with Crippen molar-refractivity contribution in [2.45, 2.75) is 32.4 Å². The molecule has 0 amide bonds. The molecule has 0 spiro atoms. The van der Waals surface area contributed by atoms with Gasteiger partial charge in [0, 0.05) is 31.8 Å². The maximum Gasteiger partial charge on any atom is 0.123 e. The number of benzene rings is 1. The fourth-order valence-electron chi connectivity index (χ4n) is 3.06. The highest BCUT2D eigenvalue weighted by Crippen LogP contribution is 2.23. The van der Waals surface area contributed by atoms with Crippen molar-refractivity contribution in [2.75, 3.05) is 26.8 Å². The lowest BCUT2D eigenvalue weighted by Gasteiger charge is -2.32. The Morgan fingerprint density at radius 1 is 1.45 bits per heavy atom. The van der Waals surface area contributed by atoms with Gasteiger partial charge >= 0.3 is 0 Å². The second-order valence-electron chi connectivity index (χ2n) is 5.61. The van der Waals surface area contributed by atoms with E-state index in [2.05, 4.69) is 17.0 Å². The summed E-state index contributed by atoms with van der Waals surface area (Å²) in [5, 5.41) is 9.07. The summed E-state index contributed by atoms with van der Waals surface area (Å²) in [6.45, 7) is 4.00. The molecule has 0 bridgehead atoms. The quantitative estimate of drug-likeness (QED) is 0.832. The molecule has 20 heavy (non-hydrogen) atoms. The third-order valence-corrected chi connectivity index (χ3v) is 4.11. The van der Waals surface area contributed by atoms with Crippen LogP contribution in [0, 0.1) is 5.92 Å². The number of aliphatic hydroxyl groups is 1. The molecule has 1 aliphatic heterocycles. The Labute approximate surface area is 121 Å². The van der Waals surface area contributed by atoms with Crippen LogP contribution >= 0.6 is 0 Å². The zero-order valence-electron chi connectivity index (χ0n) is 12.3. The molecule has 0 saturated carbocycles. The zero-order chi connectivity index (χ0) is 14.4. The van der Waals surface area contributed by atoms with Gasteiger partial charge in [-0.1, -0.05) is 6.07 Å². The molecule has 112 valence electrons. The zero-order valence-corrected chi connectivity index (χ0v) is 12.3. The summed E-state index contributed by atoms with van der Waals surface area (Å²) in [6.07, 6.45) is 3.39. The van der Waals surface area contributed by atoms with Crippen molar-refractivity contribution in [3.05, 3.63) is 29.3 Å². The Kier molecular flexibility index (Phi) is 5.83. The summed E-state index contributed by atoms with van der Waals surface area (Å²) < 4.78 is 5.31. The van der Waals surface area contributed by atoms with Crippen LogP contribution in [0.15, 0.2) is 18.2 Å². The Bertz CT molecular complexity index is 421. The summed E-state index contributed by atoms with van der Waals surface area (Å²) in [6, 6.07) is 6.27. The molecule has 2 rings (SSSR count). The Balaban J connectivity index is 1.98. The molecule has 1 aliphatic rings. The minimum Gasteiger partial charge on any atom is -0.496 e. The van der Waals surface area contributed by atoms with E-state index in [1.54, 1.807) is 7.11 Å². The third-order valence-electron chi connectivity index (χ3n) is 4.11. The van der Waals surface area contributed by atoms with E-state index in [1.807, 2.05) is 6.07 Å². The normalized spacial score (nSPS) is 20.1. The smallest absolute Gasteiger partial charge is 0.123 e. The van der Waals surface area contributed by atoms with Crippen LogP contribution < -0.4 is 10.5 Å². The highest BCUT2D eigenvalue weighted by atomic mass is 16.5. The number of methoxy groups -OCH3 is 1. The largest absolute Gasteiger partial charge is 0.496 e. The SMILES string of the molecule is COc1ccc(CN2CCCC(CCO)C2)cc1CN. The van der Waals surface area contributed by atoms with Gasteiger partial charge in [-0.15, -0.1) is 0 Å². The molecular formula is C16H26N2O2. The number of ether oxygens (including phenoxy) is 1. The van der Waals surface area contributed by atoms with Gasteiger partial charge in [0.2, 0.25) is 0 Å². The molecule has 3 N–H and O–H groups in total. The molecule has 4 heteroatoms. The fourth-order valence-corrected chi connectivity index (χ4v) is 3.06. The van der Waals surface area contributed by atoms with Crippen molar-refractivity contribution in [1.29, 1.82) is 0 Å². The number of nitrogens with two attached hydrogens (primary N) is 1. The van der Waals surface area contributed by atoms with E-state index in [0.29, 0.717) is 19.1 Å². The lowest BCUT2D eigenvalue weighted by atomic mass is 9.95. The van der Waals surface area contributed by atoms with Gasteiger partial charge < -0.3 is 15.6 Å². The molecule has 0 radical (unpaired) electrons. The van der Waals surface area contributed by atoms with Crippen LogP contribution in [-0.2, 0) is 13.1 Å². The highest BCUT2D eigenvalue weighted by molar-refractivity contribution is 5.37. The number of rotatable bonds is 6. The van der Waals surface area contributed by atoms with E-state index in [9.17, 15) is 0 Å². The highest BCUT2D eigenvalue weighted by Gasteiger charge is 2.19. The van der Waals surface area contributed by atoms with E-state index in [-0.39, 0.29) is 0 Å². The number of nitrogens with zero attached hydrogens (tertiary/aromatic N) is 1. The molecule has 1 fully saturated rings. The maximum absolute atomic E-state index is 9.07. The van der Waals surface area contributed by atoms with Crippen molar-refractivity contribution in [3.8, 4) is 5.75 Å². The number of hydrogen-bond donors (Lipinski definition) is 2. The third kappa shape index (κ3) is 3.95. The van der Waals surface area contributed by atoms with Crippen molar-refractivity contribution in [1.82, 2.24) is 4.90 Å². The van der Waals surface area contributed by atoms with Gasteiger partial charge in [0.15, 0.2) is 0 Å². The lowest BCUT2D eigenvalue weighted by molar-refractivity contribution is 0.142. The van der Waals surface area contributed by atoms with E-state index in [1.165, 1.54) is 18.4 Å².